The first-order valence-electron chi connectivity index (χ1n) is 10.1. The number of nitrogens with zero attached hydrogens (tertiary/aromatic N) is 1. The molecule has 0 radical (unpaired) electrons. The van der Waals surface area contributed by atoms with Crippen molar-refractivity contribution in [3.05, 3.63) is 34.9 Å². The zero-order valence-corrected chi connectivity index (χ0v) is 16.3. The predicted octanol–water partition coefficient (Wildman–Crippen LogP) is 2.94. The van der Waals surface area contributed by atoms with Gasteiger partial charge in [-0.15, -0.1) is 0 Å². The third-order valence-electron chi connectivity index (χ3n) is 6.98. The van der Waals surface area contributed by atoms with Crippen LogP contribution in [0, 0.1) is 11.8 Å². The summed E-state index contributed by atoms with van der Waals surface area (Å²) in [5.41, 5.74) is 3.62. The van der Waals surface area contributed by atoms with Crippen LogP contribution in [-0.4, -0.2) is 28.9 Å². The average molecular weight is 387 g/mol. The van der Waals surface area contributed by atoms with E-state index in [0.29, 0.717) is 32.1 Å². The maximum Gasteiger partial charge on any atom is 0.243 e. The van der Waals surface area contributed by atoms with Crippen LogP contribution < -0.4 is 5.32 Å². The van der Waals surface area contributed by atoms with Crippen molar-refractivity contribution >= 4 is 24.4 Å². The van der Waals surface area contributed by atoms with Gasteiger partial charge in [0.25, 0.3) is 0 Å². The quantitative estimate of drug-likeness (QED) is 0.617. The molecule has 27 heavy (non-hydrogen) atoms. The first-order chi connectivity index (χ1) is 13.1. The van der Waals surface area contributed by atoms with Gasteiger partial charge in [0.15, 0.2) is 0 Å². The van der Waals surface area contributed by atoms with Gasteiger partial charge in [-0.1, -0.05) is 18.2 Å². The fourth-order valence-electron chi connectivity index (χ4n) is 5.54. The van der Waals surface area contributed by atoms with Crippen molar-refractivity contribution in [2.24, 2.45) is 11.8 Å². The van der Waals surface area contributed by atoms with Gasteiger partial charge in [0.2, 0.25) is 11.8 Å². The maximum absolute atomic E-state index is 12.3. The predicted molar refractivity (Wildman–Crippen MR) is 104 cm³/mol. The normalized spacial score (nSPS) is 35.5. The van der Waals surface area contributed by atoms with Crippen molar-refractivity contribution in [1.29, 1.82) is 0 Å². The summed E-state index contributed by atoms with van der Waals surface area (Å²) in [5.74, 6) is 1.26. The number of ether oxygens (including phenoxy) is 1. The van der Waals surface area contributed by atoms with Gasteiger partial charge in [-0.25, -0.2) is 0 Å². The summed E-state index contributed by atoms with van der Waals surface area (Å²) in [6.45, 7) is 1.33. The topological polar surface area (TPSA) is 58.6 Å². The monoisotopic (exact) mass is 386 g/mol. The number of carbonyl (C=O) groups excluding carboxylic acids is 2. The van der Waals surface area contributed by atoms with E-state index in [4.69, 9.17) is 17.4 Å². The summed E-state index contributed by atoms with van der Waals surface area (Å²) in [6.07, 6.45) is 6.64. The highest BCUT2D eigenvalue weighted by Crippen LogP contribution is 2.46. The van der Waals surface area contributed by atoms with Crippen LogP contribution >= 0.6 is 12.6 Å². The van der Waals surface area contributed by atoms with Crippen molar-refractivity contribution in [2.75, 3.05) is 0 Å². The lowest BCUT2D eigenvalue weighted by Gasteiger charge is -2.32. The Kier molecular flexibility index (Phi) is 4.53. The van der Waals surface area contributed by atoms with Crippen LogP contribution in [0.25, 0.3) is 0 Å². The zero-order chi connectivity index (χ0) is 18.5. The highest BCUT2D eigenvalue weighted by Gasteiger charge is 2.41. The van der Waals surface area contributed by atoms with Crippen molar-refractivity contribution in [2.45, 2.75) is 69.2 Å². The Morgan fingerprint density at radius 1 is 1.19 bits per heavy atom. The van der Waals surface area contributed by atoms with E-state index in [1.54, 1.807) is 0 Å². The van der Waals surface area contributed by atoms with Crippen molar-refractivity contribution in [3.63, 3.8) is 0 Å². The standard InChI is InChI=1S/C21H26N2O3S/c24-19-7-6-17(20(25)22-19)23-10-16-14(2-1-3-15(16)21(23)27)11-26-18-9-12-4-5-13(18)8-12/h1-3,12-13,17-18,21,27H,4-11H2,(H,22,24,25)/t12-,13+,17?,18?,21?/m0/s1. The van der Waals surface area contributed by atoms with Gasteiger partial charge in [0, 0.05) is 13.0 Å². The molecule has 2 bridgehead atoms. The van der Waals surface area contributed by atoms with Crippen LogP contribution in [0.15, 0.2) is 18.2 Å². The van der Waals surface area contributed by atoms with Gasteiger partial charge in [-0.3, -0.25) is 19.8 Å². The SMILES string of the molecule is O=C1CCC(N2Cc3c(COC4C[C@H]5CC[C@@H]4C5)cccc3C2S)C(=O)N1. The minimum absolute atomic E-state index is 0.119. The van der Waals surface area contributed by atoms with Crippen LogP contribution in [0.4, 0.5) is 0 Å². The summed E-state index contributed by atoms with van der Waals surface area (Å²) >= 11 is 4.80. The molecule has 2 aliphatic heterocycles. The molecule has 2 heterocycles. The molecule has 6 heteroatoms. The zero-order valence-electron chi connectivity index (χ0n) is 15.4. The van der Waals surface area contributed by atoms with Crippen LogP contribution in [0.1, 0.15) is 60.6 Å². The van der Waals surface area contributed by atoms with Gasteiger partial charge in [-0.05, 0) is 60.6 Å². The number of piperidine rings is 1. The Labute approximate surface area is 165 Å². The third kappa shape index (κ3) is 3.12. The van der Waals surface area contributed by atoms with E-state index in [1.165, 1.54) is 36.8 Å². The molecule has 0 spiro atoms. The van der Waals surface area contributed by atoms with E-state index in [9.17, 15) is 9.59 Å². The average Bonchev–Trinajstić information content (AvgIpc) is 3.35. The van der Waals surface area contributed by atoms with E-state index in [2.05, 4.69) is 28.4 Å². The molecule has 0 aromatic heterocycles. The number of hydrogen-bond acceptors (Lipinski definition) is 5. The number of benzene rings is 1. The minimum atomic E-state index is -0.295. The molecule has 2 saturated carbocycles. The highest BCUT2D eigenvalue weighted by molar-refractivity contribution is 7.80. The lowest BCUT2D eigenvalue weighted by molar-refractivity contribution is -0.137. The molecule has 4 aliphatic rings. The largest absolute Gasteiger partial charge is 0.373 e. The molecule has 1 aromatic rings. The fraction of sp³-hybridized carbons (Fsp3) is 0.619. The summed E-state index contributed by atoms with van der Waals surface area (Å²) < 4.78 is 6.33. The van der Waals surface area contributed by atoms with Gasteiger partial charge >= 0.3 is 0 Å². The van der Waals surface area contributed by atoms with Gasteiger partial charge < -0.3 is 4.74 Å². The molecule has 2 aliphatic carbocycles. The third-order valence-corrected chi connectivity index (χ3v) is 7.55. The lowest BCUT2D eigenvalue weighted by atomic mass is 9.97. The molecule has 3 unspecified atom stereocenters. The van der Waals surface area contributed by atoms with E-state index >= 15 is 0 Å². The van der Waals surface area contributed by atoms with Crippen LogP contribution in [0.2, 0.25) is 0 Å². The molecule has 5 rings (SSSR count). The van der Waals surface area contributed by atoms with E-state index in [1.807, 2.05) is 0 Å². The number of carbonyl (C=O) groups is 2. The molecule has 1 N–H and O–H groups in total. The summed E-state index contributed by atoms with van der Waals surface area (Å²) in [4.78, 5) is 25.9. The summed E-state index contributed by atoms with van der Waals surface area (Å²) in [5, 5.41) is 2.35. The maximum atomic E-state index is 12.3. The van der Waals surface area contributed by atoms with Crippen LogP contribution in [-0.2, 0) is 27.5 Å². The molecule has 5 atom stereocenters. The minimum Gasteiger partial charge on any atom is -0.373 e. The number of amides is 2. The van der Waals surface area contributed by atoms with E-state index in [0.717, 1.165) is 17.4 Å². The Balaban J connectivity index is 1.31. The number of imide groups is 1. The molecular formula is C21H26N2O3S. The second-order valence-electron chi connectivity index (χ2n) is 8.52. The second kappa shape index (κ2) is 6.90. The molecule has 144 valence electrons. The fourth-order valence-corrected chi connectivity index (χ4v) is 6.02. The van der Waals surface area contributed by atoms with Gasteiger partial charge in [0.05, 0.1) is 24.1 Å². The number of rotatable bonds is 4. The lowest BCUT2D eigenvalue weighted by Crippen LogP contribution is -2.51. The molecular weight excluding hydrogens is 360 g/mol. The smallest absolute Gasteiger partial charge is 0.243 e. The Hall–Kier alpha value is -1.37. The molecule has 1 aromatic carbocycles. The first-order valence-corrected chi connectivity index (χ1v) is 10.6. The molecule has 3 fully saturated rings. The number of hydrogen-bond donors (Lipinski definition) is 2. The van der Waals surface area contributed by atoms with E-state index in [-0.39, 0.29) is 23.2 Å². The van der Waals surface area contributed by atoms with Crippen molar-refractivity contribution in [3.8, 4) is 0 Å². The summed E-state index contributed by atoms with van der Waals surface area (Å²) in [7, 11) is 0. The van der Waals surface area contributed by atoms with Crippen LogP contribution in [0.3, 0.4) is 0 Å². The number of fused-ring (bicyclic) bond motifs is 3. The second-order valence-corrected chi connectivity index (χ2v) is 9.01. The number of thiol groups is 1. The van der Waals surface area contributed by atoms with E-state index < -0.39 is 0 Å². The van der Waals surface area contributed by atoms with Crippen molar-refractivity contribution < 1.29 is 14.3 Å². The Morgan fingerprint density at radius 3 is 2.81 bits per heavy atom. The Morgan fingerprint density at radius 2 is 2.07 bits per heavy atom. The summed E-state index contributed by atoms with van der Waals surface area (Å²) in [6, 6.07) is 6.01. The molecule has 2 amide bonds. The van der Waals surface area contributed by atoms with Gasteiger partial charge in [-0.2, -0.15) is 12.6 Å². The molecule has 5 nitrogen and oxygen atoms in total. The first kappa shape index (κ1) is 17.7. The number of nitrogens with one attached hydrogen (secondary N) is 1. The molecule has 1 saturated heterocycles. The van der Waals surface area contributed by atoms with Crippen LogP contribution in [0.5, 0.6) is 0 Å². The highest BCUT2D eigenvalue weighted by atomic mass is 32.1. The van der Waals surface area contributed by atoms with Gasteiger partial charge in [0.1, 0.15) is 0 Å². The van der Waals surface area contributed by atoms with Crippen molar-refractivity contribution in [1.82, 2.24) is 10.2 Å². The Bertz CT molecular complexity index is 783.